The Labute approximate surface area is 89.4 Å². The van der Waals surface area contributed by atoms with Crippen molar-refractivity contribution in [3.8, 4) is 0 Å². The third-order valence-electron chi connectivity index (χ3n) is 2.53. The zero-order chi connectivity index (χ0) is 9.97. The quantitative estimate of drug-likeness (QED) is 0.708. The summed E-state index contributed by atoms with van der Waals surface area (Å²) in [6.45, 7) is 4.76. The lowest BCUT2D eigenvalue weighted by atomic mass is 10.2. The highest BCUT2D eigenvalue weighted by atomic mass is 35.5. The van der Waals surface area contributed by atoms with Crippen LogP contribution in [0.5, 0.6) is 0 Å². The van der Waals surface area contributed by atoms with Crippen molar-refractivity contribution in [3.63, 3.8) is 0 Å². The van der Waals surface area contributed by atoms with Gasteiger partial charge in [-0.15, -0.1) is 0 Å². The van der Waals surface area contributed by atoms with Gasteiger partial charge in [-0.2, -0.15) is 0 Å². The number of rotatable bonds is 1. The average molecular weight is 212 g/mol. The third-order valence-corrected chi connectivity index (χ3v) is 2.78. The Bertz CT molecular complexity index is 299. The maximum absolute atomic E-state index is 5.84. The second-order valence-electron chi connectivity index (χ2n) is 3.59. The van der Waals surface area contributed by atoms with Gasteiger partial charge >= 0.3 is 0 Å². The molecule has 0 unspecified atom stereocenters. The first kappa shape index (κ1) is 9.81. The van der Waals surface area contributed by atoms with E-state index in [1.54, 1.807) is 0 Å². The summed E-state index contributed by atoms with van der Waals surface area (Å²) in [5.74, 6) is 0. The van der Waals surface area contributed by atoms with Crippen molar-refractivity contribution in [1.29, 1.82) is 0 Å². The van der Waals surface area contributed by atoms with Crippen molar-refractivity contribution in [2.45, 2.75) is 13.0 Å². The highest BCUT2D eigenvalue weighted by Gasteiger charge is 2.18. The number of halogens is 1. The van der Waals surface area contributed by atoms with E-state index < -0.39 is 0 Å². The van der Waals surface area contributed by atoms with Crippen molar-refractivity contribution in [2.24, 2.45) is 0 Å². The van der Waals surface area contributed by atoms with E-state index in [0.717, 1.165) is 24.8 Å². The van der Waals surface area contributed by atoms with Crippen LogP contribution in [-0.4, -0.2) is 25.8 Å². The normalized spacial score (nSPS) is 22.4. The van der Waals surface area contributed by atoms with Gasteiger partial charge in [-0.3, -0.25) is 0 Å². The summed E-state index contributed by atoms with van der Waals surface area (Å²) in [4.78, 5) is 2.35. The summed E-state index contributed by atoms with van der Waals surface area (Å²) in [5.41, 5.74) is 1.23. The molecule has 14 heavy (non-hydrogen) atoms. The Morgan fingerprint density at radius 3 is 2.71 bits per heavy atom. The van der Waals surface area contributed by atoms with Gasteiger partial charge in [0.05, 0.1) is 13.2 Å². The standard InChI is InChI=1S/C11H14ClNO/c1-9-8-14-7-6-13(9)11-4-2-10(12)3-5-11/h2-5,9H,6-8H2,1H3/t9-/m0/s1. The predicted octanol–water partition coefficient (Wildman–Crippen LogP) is 2.57. The van der Waals surface area contributed by atoms with Crippen molar-refractivity contribution in [3.05, 3.63) is 29.3 Å². The van der Waals surface area contributed by atoms with Crippen LogP contribution in [0.2, 0.25) is 5.02 Å². The summed E-state index contributed by atoms with van der Waals surface area (Å²) >= 11 is 5.84. The molecule has 0 bridgehead atoms. The summed E-state index contributed by atoms with van der Waals surface area (Å²) in [5, 5.41) is 0.787. The number of benzene rings is 1. The fraction of sp³-hybridized carbons (Fsp3) is 0.455. The minimum absolute atomic E-state index is 0.449. The molecule has 1 fully saturated rings. The summed E-state index contributed by atoms with van der Waals surface area (Å²) in [6, 6.07) is 8.43. The zero-order valence-electron chi connectivity index (χ0n) is 8.24. The van der Waals surface area contributed by atoms with Gasteiger partial charge in [-0.25, -0.2) is 0 Å². The molecule has 1 heterocycles. The van der Waals surface area contributed by atoms with Crippen LogP contribution in [0.25, 0.3) is 0 Å². The van der Waals surface area contributed by atoms with Gasteiger partial charge < -0.3 is 9.64 Å². The smallest absolute Gasteiger partial charge is 0.0668 e. The molecule has 1 aromatic rings. The number of anilines is 1. The SMILES string of the molecule is C[C@H]1COCCN1c1ccc(Cl)cc1. The molecule has 2 nitrogen and oxygen atoms in total. The number of hydrogen-bond donors (Lipinski definition) is 0. The van der Waals surface area contributed by atoms with Gasteiger partial charge in [0.25, 0.3) is 0 Å². The Morgan fingerprint density at radius 2 is 2.07 bits per heavy atom. The first-order valence-electron chi connectivity index (χ1n) is 4.87. The maximum Gasteiger partial charge on any atom is 0.0668 e. The molecular formula is C11H14ClNO. The van der Waals surface area contributed by atoms with Gasteiger partial charge in [0.2, 0.25) is 0 Å². The number of ether oxygens (including phenoxy) is 1. The predicted molar refractivity (Wildman–Crippen MR) is 59.1 cm³/mol. The molecular weight excluding hydrogens is 198 g/mol. The van der Waals surface area contributed by atoms with E-state index in [4.69, 9.17) is 16.3 Å². The van der Waals surface area contributed by atoms with Gasteiger partial charge in [0, 0.05) is 23.3 Å². The van der Waals surface area contributed by atoms with E-state index in [1.807, 2.05) is 12.1 Å². The zero-order valence-corrected chi connectivity index (χ0v) is 9.00. The van der Waals surface area contributed by atoms with Crippen molar-refractivity contribution in [1.82, 2.24) is 0 Å². The molecule has 2 rings (SSSR count). The Kier molecular flexibility index (Phi) is 2.94. The molecule has 3 heteroatoms. The van der Waals surface area contributed by atoms with Crippen LogP contribution >= 0.6 is 11.6 Å². The fourth-order valence-electron chi connectivity index (χ4n) is 1.74. The van der Waals surface area contributed by atoms with Gasteiger partial charge in [0.15, 0.2) is 0 Å². The van der Waals surface area contributed by atoms with E-state index in [0.29, 0.717) is 6.04 Å². The Hall–Kier alpha value is -0.730. The van der Waals surface area contributed by atoms with Gasteiger partial charge in [-0.05, 0) is 31.2 Å². The second kappa shape index (κ2) is 4.20. The second-order valence-corrected chi connectivity index (χ2v) is 4.03. The topological polar surface area (TPSA) is 12.5 Å². The lowest BCUT2D eigenvalue weighted by Gasteiger charge is -2.35. The molecule has 1 aromatic carbocycles. The monoisotopic (exact) mass is 211 g/mol. The van der Waals surface area contributed by atoms with Crippen molar-refractivity contribution in [2.75, 3.05) is 24.7 Å². The largest absolute Gasteiger partial charge is 0.377 e. The molecule has 0 aromatic heterocycles. The van der Waals surface area contributed by atoms with Crippen molar-refractivity contribution < 1.29 is 4.74 Å². The van der Waals surface area contributed by atoms with E-state index in [9.17, 15) is 0 Å². The molecule has 1 atom stereocenters. The molecule has 0 radical (unpaired) electrons. The van der Waals surface area contributed by atoms with E-state index in [2.05, 4.69) is 24.0 Å². The van der Waals surface area contributed by atoms with Crippen LogP contribution in [0.1, 0.15) is 6.92 Å². The van der Waals surface area contributed by atoms with Crippen LogP contribution in [-0.2, 0) is 4.74 Å². The summed E-state index contributed by atoms with van der Waals surface area (Å²) in [7, 11) is 0. The molecule has 0 saturated carbocycles. The molecule has 0 spiro atoms. The molecule has 76 valence electrons. The van der Waals surface area contributed by atoms with Crippen LogP contribution in [0.15, 0.2) is 24.3 Å². The highest BCUT2D eigenvalue weighted by Crippen LogP contribution is 2.21. The molecule has 0 amide bonds. The number of nitrogens with zero attached hydrogens (tertiary/aromatic N) is 1. The summed E-state index contributed by atoms with van der Waals surface area (Å²) < 4.78 is 5.39. The maximum atomic E-state index is 5.84. The van der Waals surface area contributed by atoms with Crippen LogP contribution in [0.4, 0.5) is 5.69 Å². The Balaban J connectivity index is 2.16. The van der Waals surface area contributed by atoms with Crippen LogP contribution in [0.3, 0.4) is 0 Å². The number of hydrogen-bond acceptors (Lipinski definition) is 2. The molecule has 1 aliphatic rings. The first-order chi connectivity index (χ1) is 6.77. The summed E-state index contributed by atoms with van der Waals surface area (Å²) in [6.07, 6.45) is 0. The minimum atomic E-state index is 0.449. The molecule has 1 saturated heterocycles. The van der Waals surface area contributed by atoms with E-state index >= 15 is 0 Å². The van der Waals surface area contributed by atoms with Gasteiger partial charge in [0.1, 0.15) is 0 Å². The van der Waals surface area contributed by atoms with Crippen LogP contribution < -0.4 is 4.90 Å². The highest BCUT2D eigenvalue weighted by molar-refractivity contribution is 6.30. The first-order valence-corrected chi connectivity index (χ1v) is 5.25. The Morgan fingerprint density at radius 1 is 1.36 bits per heavy atom. The molecule has 1 aliphatic heterocycles. The van der Waals surface area contributed by atoms with E-state index in [1.165, 1.54) is 5.69 Å². The fourth-order valence-corrected chi connectivity index (χ4v) is 1.87. The third kappa shape index (κ3) is 2.02. The number of morpholine rings is 1. The lowest BCUT2D eigenvalue weighted by Crippen LogP contribution is -2.43. The average Bonchev–Trinajstić information content (AvgIpc) is 2.20. The van der Waals surface area contributed by atoms with E-state index in [-0.39, 0.29) is 0 Å². The molecule has 0 N–H and O–H groups in total. The van der Waals surface area contributed by atoms with Crippen LogP contribution in [0, 0.1) is 0 Å². The van der Waals surface area contributed by atoms with Crippen molar-refractivity contribution >= 4 is 17.3 Å². The lowest BCUT2D eigenvalue weighted by molar-refractivity contribution is 0.0989. The molecule has 0 aliphatic carbocycles. The minimum Gasteiger partial charge on any atom is -0.377 e. The van der Waals surface area contributed by atoms with Gasteiger partial charge in [-0.1, -0.05) is 11.6 Å².